The van der Waals surface area contributed by atoms with Gasteiger partial charge in [0, 0.05) is 26.2 Å². The number of rotatable bonds is 7. The third-order valence-electron chi connectivity index (χ3n) is 6.79. The number of nitrogens with one attached hydrogen (secondary N) is 1. The Kier molecular flexibility index (Phi) is 8.39. The standard InChI is InChI=1S/C22H30F3N5O5/c23-15-8-26-20(27-9-15)29-6-2-16(3-7-29)33-12-18-22(14-35-17(11-31)10-28-22)4-1-5-30(18)21(32)34-13-19(24)25/h8-9,11,16-19,28H,1-7,10,12-14H2. The molecular formula is C22H30F3N5O5. The smallest absolute Gasteiger partial charge is 0.410 e. The molecule has 4 rings (SSSR count). The second kappa shape index (κ2) is 11.5. The lowest BCUT2D eigenvalue weighted by molar-refractivity contribution is -0.132. The summed E-state index contributed by atoms with van der Waals surface area (Å²) < 4.78 is 55.1. The lowest BCUT2D eigenvalue weighted by atomic mass is 9.80. The van der Waals surface area contributed by atoms with E-state index in [1.807, 2.05) is 4.90 Å². The molecule has 3 fully saturated rings. The highest BCUT2D eigenvalue weighted by Crippen LogP contribution is 2.32. The molecule has 0 bridgehead atoms. The minimum absolute atomic E-state index is 0.100. The molecule has 0 saturated carbocycles. The van der Waals surface area contributed by atoms with Gasteiger partial charge in [0.2, 0.25) is 5.95 Å². The van der Waals surface area contributed by atoms with E-state index in [-0.39, 0.29) is 25.9 Å². The van der Waals surface area contributed by atoms with Gasteiger partial charge >= 0.3 is 6.09 Å². The first-order chi connectivity index (χ1) is 16.9. The highest BCUT2D eigenvalue weighted by atomic mass is 19.3. The number of hydrogen-bond acceptors (Lipinski definition) is 9. The number of carbonyl (C=O) groups excluding carboxylic acids is 2. The van der Waals surface area contributed by atoms with Crippen molar-refractivity contribution in [2.24, 2.45) is 0 Å². The summed E-state index contributed by atoms with van der Waals surface area (Å²) in [6, 6.07) is -0.521. The van der Waals surface area contributed by atoms with Crippen LogP contribution in [0.4, 0.5) is 23.9 Å². The molecule has 4 heterocycles. The Morgan fingerprint density at radius 3 is 2.66 bits per heavy atom. The molecule has 1 aromatic heterocycles. The summed E-state index contributed by atoms with van der Waals surface area (Å²) in [5.74, 6) is -0.0397. The fourth-order valence-corrected chi connectivity index (χ4v) is 4.92. The number of alkyl halides is 2. The Hall–Kier alpha value is -2.51. The number of amides is 1. The highest BCUT2D eigenvalue weighted by molar-refractivity contribution is 5.68. The van der Waals surface area contributed by atoms with Crippen molar-refractivity contribution in [3.63, 3.8) is 0 Å². The second-order valence-electron chi connectivity index (χ2n) is 9.02. The first-order valence-electron chi connectivity index (χ1n) is 11.8. The van der Waals surface area contributed by atoms with Crippen molar-refractivity contribution in [2.45, 2.75) is 55.9 Å². The average molecular weight is 502 g/mol. The minimum Gasteiger partial charge on any atom is -0.443 e. The zero-order valence-electron chi connectivity index (χ0n) is 19.3. The molecule has 3 aliphatic heterocycles. The molecule has 1 aromatic rings. The largest absolute Gasteiger partial charge is 0.443 e. The SMILES string of the molecule is O=CC1CNC2(CCCN(C(=O)OCC(F)F)C2COC2CCN(c3ncc(F)cn3)CC2)CO1. The Morgan fingerprint density at radius 1 is 1.29 bits per heavy atom. The number of aldehydes is 1. The molecule has 1 amide bonds. The quantitative estimate of drug-likeness (QED) is 0.555. The topological polar surface area (TPSA) is 106 Å². The Labute approximate surface area is 201 Å². The monoisotopic (exact) mass is 501 g/mol. The maximum Gasteiger partial charge on any atom is 0.410 e. The van der Waals surface area contributed by atoms with Crippen LogP contribution in [-0.4, -0.2) is 103 Å². The van der Waals surface area contributed by atoms with Crippen LogP contribution >= 0.6 is 0 Å². The Morgan fingerprint density at radius 2 is 2.03 bits per heavy atom. The molecule has 194 valence electrons. The maximum atomic E-state index is 13.1. The summed E-state index contributed by atoms with van der Waals surface area (Å²) in [7, 11) is 0. The molecule has 3 aliphatic rings. The van der Waals surface area contributed by atoms with Gasteiger partial charge in [-0.05, 0) is 25.7 Å². The van der Waals surface area contributed by atoms with Crippen LogP contribution in [0.15, 0.2) is 12.4 Å². The fraction of sp³-hybridized carbons (Fsp3) is 0.727. The van der Waals surface area contributed by atoms with Crippen LogP contribution in [0.5, 0.6) is 0 Å². The first-order valence-corrected chi connectivity index (χ1v) is 11.8. The Bertz CT molecular complexity index is 848. The maximum absolute atomic E-state index is 13.1. The van der Waals surface area contributed by atoms with Crippen LogP contribution in [0.2, 0.25) is 0 Å². The van der Waals surface area contributed by atoms with Crippen LogP contribution in [0.3, 0.4) is 0 Å². The summed E-state index contributed by atoms with van der Waals surface area (Å²) >= 11 is 0. The number of anilines is 1. The molecule has 0 aromatic carbocycles. The van der Waals surface area contributed by atoms with E-state index in [2.05, 4.69) is 15.3 Å². The fourth-order valence-electron chi connectivity index (χ4n) is 4.92. The van der Waals surface area contributed by atoms with Crippen molar-refractivity contribution in [1.82, 2.24) is 20.2 Å². The molecule has 3 unspecified atom stereocenters. The van der Waals surface area contributed by atoms with E-state index >= 15 is 0 Å². The number of morpholine rings is 1. The molecule has 1 N–H and O–H groups in total. The van der Waals surface area contributed by atoms with Crippen molar-refractivity contribution >= 4 is 18.3 Å². The number of carbonyl (C=O) groups is 2. The summed E-state index contributed by atoms with van der Waals surface area (Å²) in [5, 5.41) is 3.37. The lowest BCUT2D eigenvalue weighted by Gasteiger charge is -2.52. The van der Waals surface area contributed by atoms with Crippen molar-refractivity contribution < 1.29 is 37.0 Å². The molecule has 3 atom stereocenters. The van der Waals surface area contributed by atoms with Gasteiger partial charge in [-0.2, -0.15) is 0 Å². The van der Waals surface area contributed by atoms with E-state index < -0.39 is 42.6 Å². The summed E-state index contributed by atoms with van der Waals surface area (Å²) in [4.78, 5) is 35.2. The lowest BCUT2D eigenvalue weighted by Crippen LogP contribution is -2.72. The van der Waals surface area contributed by atoms with E-state index in [0.717, 1.165) is 18.7 Å². The third-order valence-corrected chi connectivity index (χ3v) is 6.79. The van der Waals surface area contributed by atoms with Crippen LogP contribution in [0.1, 0.15) is 25.7 Å². The van der Waals surface area contributed by atoms with Crippen molar-refractivity contribution in [2.75, 3.05) is 50.9 Å². The number of nitrogens with zero attached hydrogens (tertiary/aromatic N) is 4. The predicted molar refractivity (Wildman–Crippen MR) is 117 cm³/mol. The van der Waals surface area contributed by atoms with E-state index in [1.165, 1.54) is 4.90 Å². The molecule has 1 spiro atoms. The van der Waals surface area contributed by atoms with Crippen molar-refractivity contribution in [3.8, 4) is 0 Å². The van der Waals surface area contributed by atoms with E-state index in [0.29, 0.717) is 51.3 Å². The van der Waals surface area contributed by atoms with Gasteiger partial charge in [0.05, 0.1) is 43.3 Å². The number of aromatic nitrogens is 2. The van der Waals surface area contributed by atoms with Gasteiger partial charge in [0.25, 0.3) is 6.43 Å². The second-order valence-corrected chi connectivity index (χ2v) is 9.02. The zero-order chi connectivity index (χ0) is 24.8. The van der Waals surface area contributed by atoms with Gasteiger partial charge in [-0.1, -0.05) is 0 Å². The average Bonchev–Trinajstić information content (AvgIpc) is 2.88. The summed E-state index contributed by atoms with van der Waals surface area (Å²) in [6.45, 7) is 1.24. The number of halogens is 3. The number of piperidine rings is 2. The molecule has 35 heavy (non-hydrogen) atoms. The van der Waals surface area contributed by atoms with Gasteiger partial charge in [-0.25, -0.2) is 27.9 Å². The molecule has 3 saturated heterocycles. The molecule has 0 aliphatic carbocycles. The number of hydrogen-bond donors (Lipinski definition) is 1. The number of ether oxygens (including phenoxy) is 3. The van der Waals surface area contributed by atoms with E-state index in [9.17, 15) is 22.8 Å². The molecule has 10 nitrogen and oxygen atoms in total. The normalized spacial score (nSPS) is 27.9. The predicted octanol–water partition coefficient (Wildman–Crippen LogP) is 1.39. The zero-order valence-corrected chi connectivity index (χ0v) is 19.3. The van der Waals surface area contributed by atoms with Gasteiger partial charge < -0.3 is 34.1 Å². The Balaban J connectivity index is 1.39. The highest BCUT2D eigenvalue weighted by Gasteiger charge is 2.49. The van der Waals surface area contributed by atoms with Gasteiger partial charge in [0.1, 0.15) is 12.4 Å². The van der Waals surface area contributed by atoms with Crippen LogP contribution in [0, 0.1) is 5.82 Å². The van der Waals surface area contributed by atoms with Gasteiger partial charge in [-0.3, -0.25) is 0 Å². The molecule has 0 radical (unpaired) electrons. The summed E-state index contributed by atoms with van der Waals surface area (Å²) in [6.07, 6.45) is 1.37. The van der Waals surface area contributed by atoms with Crippen molar-refractivity contribution in [1.29, 1.82) is 0 Å². The third kappa shape index (κ3) is 6.19. The van der Waals surface area contributed by atoms with E-state index in [1.54, 1.807) is 0 Å². The minimum atomic E-state index is -2.76. The van der Waals surface area contributed by atoms with Crippen LogP contribution in [0.25, 0.3) is 0 Å². The number of likely N-dealkylation sites (tertiary alicyclic amines) is 1. The van der Waals surface area contributed by atoms with Gasteiger partial charge in [-0.15, -0.1) is 0 Å². The van der Waals surface area contributed by atoms with Crippen LogP contribution < -0.4 is 10.2 Å². The molecule has 13 heteroatoms. The van der Waals surface area contributed by atoms with Crippen LogP contribution in [-0.2, 0) is 19.0 Å². The van der Waals surface area contributed by atoms with E-state index in [4.69, 9.17) is 14.2 Å². The van der Waals surface area contributed by atoms with Gasteiger partial charge in [0.15, 0.2) is 12.4 Å². The first kappa shape index (κ1) is 25.6. The summed E-state index contributed by atoms with van der Waals surface area (Å²) in [5.41, 5.74) is -0.676. The van der Waals surface area contributed by atoms with Crippen molar-refractivity contribution in [3.05, 3.63) is 18.2 Å². The molecular weight excluding hydrogens is 471 g/mol.